The minimum atomic E-state index is 0.427. The summed E-state index contributed by atoms with van der Waals surface area (Å²) in [6, 6.07) is 6.93. The van der Waals surface area contributed by atoms with Gasteiger partial charge in [0.25, 0.3) is 0 Å². The number of nitrogens with one attached hydrogen (secondary N) is 1. The van der Waals surface area contributed by atoms with Crippen LogP contribution in [0.4, 0.5) is 5.82 Å². The van der Waals surface area contributed by atoms with Gasteiger partial charge in [-0.1, -0.05) is 23.2 Å². The predicted octanol–water partition coefficient (Wildman–Crippen LogP) is 2.97. The van der Waals surface area contributed by atoms with E-state index in [9.17, 15) is 0 Å². The fourth-order valence-electron chi connectivity index (χ4n) is 1.18. The van der Waals surface area contributed by atoms with E-state index in [1.165, 1.54) is 0 Å². The van der Waals surface area contributed by atoms with E-state index in [2.05, 4.69) is 10.2 Å². The van der Waals surface area contributed by atoms with Gasteiger partial charge in [-0.15, -0.1) is 0 Å². The van der Waals surface area contributed by atoms with E-state index in [0.717, 1.165) is 11.3 Å². The number of H-pyrrole nitrogens is 1. The molecule has 3 N–H and O–H groups in total. The maximum Gasteiger partial charge on any atom is 0.145 e. The van der Waals surface area contributed by atoms with Crippen molar-refractivity contribution < 1.29 is 0 Å². The molecule has 1 heterocycles. The first-order valence-electron chi connectivity index (χ1n) is 3.93. The minimum Gasteiger partial charge on any atom is -0.382 e. The molecule has 72 valence electrons. The average molecular weight is 228 g/mol. The van der Waals surface area contributed by atoms with Crippen molar-refractivity contribution >= 4 is 29.0 Å². The van der Waals surface area contributed by atoms with Crippen molar-refractivity contribution in [1.29, 1.82) is 0 Å². The maximum absolute atomic E-state index is 5.99. The van der Waals surface area contributed by atoms with Crippen LogP contribution in [0, 0.1) is 0 Å². The van der Waals surface area contributed by atoms with Crippen molar-refractivity contribution in [3.8, 4) is 11.3 Å². The van der Waals surface area contributed by atoms with Gasteiger partial charge >= 0.3 is 0 Å². The Morgan fingerprint density at radius 1 is 1.21 bits per heavy atom. The van der Waals surface area contributed by atoms with Gasteiger partial charge in [-0.25, -0.2) is 0 Å². The molecule has 1 aromatic carbocycles. The lowest BCUT2D eigenvalue weighted by atomic mass is 10.1. The van der Waals surface area contributed by atoms with Crippen molar-refractivity contribution in [3.05, 3.63) is 34.3 Å². The second-order valence-corrected chi connectivity index (χ2v) is 3.67. The molecule has 5 heteroatoms. The summed E-state index contributed by atoms with van der Waals surface area (Å²) in [5, 5.41) is 7.82. The molecule has 3 nitrogen and oxygen atoms in total. The number of anilines is 1. The van der Waals surface area contributed by atoms with Gasteiger partial charge in [-0.2, -0.15) is 5.10 Å². The van der Waals surface area contributed by atoms with E-state index in [-0.39, 0.29) is 0 Å². The van der Waals surface area contributed by atoms with Crippen LogP contribution < -0.4 is 5.73 Å². The van der Waals surface area contributed by atoms with Crippen molar-refractivity contribution in [2.75, 3.05) is 5.73 Å². The number of rotatable bonds is 1. The smallest absolute Gasteiger partial charge is 0.145 e. The summed E-state index contributed by atoms with van der Waals surface area (Å²) in [5.74, 6) is 0.427. The van der Waals surface area contributed by atoms with Crippen LogP contribution in [-0.2, 0) is 0 Å². The monoisotopic (exact) mass is 227 g/mol. The summed E-state index contributed by atoms with van der Waals surface area (Å²) < 4.78 is 0. The first-order valence-corrected chi connectivity index (χ1v) is 4.69. The topological polar surface area (TPSA) is 54.7 Å². The highest BCUT2D eigenvalue weighted by atomic mass is 35.5. The van der Waals surface area contributed by atoms with Crippen LogP contribution in [0.3, 0.4) is 0 Å². The van der Waals surface area contributed by atoms with Crippen molar-refractivity contribution in [1.82, 2.24) is 10.2 Å². The number of benzene rings is 1. The van der Waals surface area contributed by atoms with Gasteiger partial charge in [0.05, 0.1) is 10.7 Å². The number of hydrogen-bond donors (Lipinski definition) is 2. The maximum atomic E-state index is 5.99. The zero-order chi connectivity index (χ0) is 10.1. The molecule has 0 radical (unpaired) electrons. The molecular formula is C9H7Cl2N3. The Kier molecular flexibility index (Phi) is 2.35. The van der Waals surface area contributed by atoms with Gasteiger partial charge in [0, 0.05) is 16.7 Å². The molecule has 0 saturated heterocycles. The molecule has 0 aliphatic rings. The van der Waals surface area contributed by atoms with Crippen LogP contribution in [0.1, 0.15) is 0 Å². The highest BCUT2D eigenvalue weighted by Gasteiger charge is 2.06. The number of aromatic nitrogens is 2. The number of hydrogen-bond acceptors (Lipinski definition) is 2. The molecule has 2 aromatic rings. The number of nitrogens with zero attached hydrogens (tertiary/aromatic N) is 1. The summed E-state index contributed by atoms with van der Waals surface area (Å²) in [6.45, 7) is 0. The molecule has 0 spiro atoms. The second kappa shape index (κ2) is 3.52. The summed E-state index contributed by atoms with van der Waals surface area (Å²) in [6.07, 6.45) is 0. The third kappa shape index (κ3) is 1.69. The Hall–Kier alpha value is -1.19. The lowest BCUT2D eigenvalue weighted by Gasteiger charge is -2.00. The minimum absolute atomic E-state index is 0.427. The summed E-state index contributed by atoms with van der Waals surface area (Å²) in [5.41, 5.74) is 7.04. The quantitative estimate of drug-likeness (QED) is 0.788. The van der Waals surface area contributed by atoms with Gasteiger partial charge < -0.3 is 5.73 Å². The van der Waals surface area contributed by atoms with Gasteiger partial charge in [0.1, 0.15) is 5.82 Å². The van der Waals surface area contributed by atoms with Crippen LogP contribution in [-0.4, -0.2) is 10.2 Å². The Morgan fingerprint density at radius 3 is 2.64 bits per heavy atom. The molecule has 0 amide bonds. The van der Waals surface area contributed by atoms with Gasteiger partial charge in [0.15, 0.2) is 0 Å². The highest BCUT2D eigenvalue weighted by Crippen LogP contribution is 2.29. The predicted molar refractivity (Wildman–Crippen MR) is 58.5 cm³/mol. The van der Waals surface area contributed by atoms with Crippen LogP contribution in [0.25, 0.3) is 11.3 Å². The van der Waals surface area contributed by atoms with Gasteiger partial charge in [0.2, 0.25) is 0 Å². The van der Waals surface area contributed by atoms with E-state index in [1.807, 2.05) is 0 Å². The standard InChI is InChI=1S/C9H7Cl2N3/c10-5-1-2-7(11)6(3-5)8-4-9(12)14-13-8/h1-4H,(H3,12,13,14). The lowest BCUT2D eigenvalue weighted by molar-refractivity contribution is 1.10. The summed E-state index contributed by atoms with van der Waals surface area (Å²) in [7, 11) is 0. The number of halogens is 2. The molecule has 0 fully saturated rings. The number of nitrogen functional groups attached to an aromatic ring is 1. The van der Waals surface area contributed by atoms with Crippen LogP contribution >= 0.6 is 23.2 Å². The fourth-order valence-corrected chi connectivity index (χ4v) is 1.57. The molecule has 14 heavy (non-hydrogen) atoms. The Bertz CT molecular complexity index is 465. The Morgan fingerprint density at radius 2 is 2.00 bits per heavy atom. The van der Waals surface area contributed by atoms with E-state index < -0.39 is 0 Å². The largest absolute Gasteiger partial charge is 0.382 e. The van der Waals surface area contributed by atoms with Crippen LogP contribution in [0.2, 0.25) is 10.0 Å². The average Bonchev–Trinajstić information content (AvgIpc) is 2.56. The summed E-state index contributed by atoms with van der Waals surface area (Å²) in [4.78, 5) is 0. The normalized spacial score (nSPS) is 10.4. The van der Waals surface area contributed by atoms with Crippen molar-refractivity contribution in [2.45, 2.75) is 0 Å². The molecule has 0 bridgehead atoms. The zero-order valence-electron chi connectivity index (χ0n) is 7.09. The molecule has 0 aliphatic carbocycles. The third-order valence-corrected chi connectivity index (χ3v) is 2.38. The van der Waals surface area contributed by atoms with E-state index >= 15 is 0 Å². The Labute approximate surface area is 90.8 Å². The molecule has 0 saturated carbocycles. The van der Waals surface area contributed by atoms with E-state index in [0.29, 0.717) is 15.9 Å². The fraction of sp³-hybridized carbons (Fsp3) is 0. The Balaban J connectivity index is 2.55. The van der Waals surface area contributed by atoms with Crippen molar-refractivity contribution in [2.24, 2.45) is 0 Å². The number of nitrogens with two attached hydrogens (primary N) is 1. The van der Waals surface area contributed by atoms with Crippen molar-refractivity contribution in [3.63, 3.8) is 0 Å². The zero-order valence-corrected chi connectivity index (χ0v) is 8.60. The third-order valence-electron chi connectivity index (χ3n) is 1.82. The SMILES string of the molecule is Nc1cc(-c2cc(Cl)ccc2Cl)[nH]n1. The molecule has 0 aliphatic heterocycles. The van der Waals surface area contributed by atoms with E-state index in [1.54, 1.807) is 24.3 Å². The van der Waals surface area contributed by atoms with Gasteiger partial charge in [-0.3, -0.25) is 5.10 Å². The van der Waals surface area contributed by atoms with Crippen LogP contribution in [0.15, 0.2) is 24.3 Å². The first-order chi connectivity index (χ1) is 6.66. The summed E-state index contributed by atoms with van der Waals surface area (Å²) >= 11 is 11.8. The highest BCUT2D eigenvalue weighted by molar-refractivity contribution is 6.35. The molecule has 1 aromatic heterocycles. The molecular weight excluding hydrogens is 221 g/mol. The molecule has 2 rings (SSSR count). The van der Waals surface area contributed by atoms with Crippen LogP contribution in [0.5, 0.6) is 0 Å². The van der Waals surface area contributed by atoms with Gasteiger partial charge in [-0.05, 0) is 18.2 Å². The molecule has 0 atom stereocenters. The molecule has 0 unspecified atom stereocenters. The first kappa shape index (κ1) is 9.37. The second-order valence-electron chi connectivity index (χ2n) is 2.83. The van der Waals surface area contributed by atoms with E-state index in [4.69, 9.17) is 28.9 Å². The lowest BCUT2D eigenvalue weighted by Crippen LogP contribution is -1.81. The number of aromatic amines is 1.